The highest BCUT2D eigenvalue weighted by atomic mass is 16.2. The van der Waals surface area contributed by atoms with E-state index in [1.165, 1.54) is 24.8 Å². The molecule has 0 bridgehead atoms. The van der Waals surface area contributed by atoms with E-state index in [1.54, 1.807) is 0 Å². The van der Waals surface area contributed by atoms with Gasteiger partial charge in [-0.3, -0.25) is 0 Å². The molecule has 0 aromatic heterocycles. The number of nitrogens with one attached hydrogen (secondary N) is 2. The van der Waals surface area contributed by atoms with Crippen LogP contribution in [0.15, 0.2) is 54.6 Å². The van der Waals surface area contributed by atoms with Crippen LogP contribution in [0.25, 0.3) is 0 Å². The maximum absolute atomic E-state index is 12.1. The minimum Gasteiger partial charge on any atom is -0.331 e. The molecular formula is C20H26N2O. The van der Waals surface area contributed by atoms with Crippen molar-refractivity contribution in [3.05, 3.63) is 65.7 Å². The van der Waals surface area contributed by atoms with Gasteiger partial charge in [-0.2, -0.15) is 0 Å². The summed E-state index contributed by atoms with van der Waals surface area (Å²) >= 11 is 0. The van der Waals surface area contributed by atoms with Gasteiger partial charge in [0.25, 0.3) is 0 Å². The Hall–Kier alpha value is -2.29. The summed E-state index contributed by atoms with van der Waals surface area (Å²) in [6, 6.07) is 17.8. The van der Waals surface area contributed by atoms with Gasteiger partial charge in [0.05, 0.1) is 6.04 Å². The number of carbonyl (C=O) groups excluding carboxylic acids is 1. The van der Waals surface area contributed by atoms with E-state index >= 15 is 0 Å². The molecule has 2 rings (SSSR count). The number of amides is 2. The van der Waals surface area contributed by atoms with Crippen LogP contribution in [-0.4, -0.2) is 6.03 Å². The summed E-state index contributed by atoms with van der Waals surface area (Å²) in [4.78, 5) is 12.1. The lowest BCUT2D eigenvalue weighted by Gasteiger charge is -2.15. The Morgan fingerprint density at radius 2 is 1.70 bits per heavy atom. The van der Waals surface area contributed by atoms with Crippen LogP contribution in [0, 0.1) is 0 Å². The third-order valence-corrected chi connectivity index (χ3v) is 3.93. The summed E-state index contributed by atoms with van der Waals surface area (Å²) in [6.07, 6.45) is 4.82. The van der Waals surface area contributed by atoms with Crippen molar-refractivity contribution >= 4 is 11.7 Å². The normalized spacial score (nSPS) is 11.7. The molecule has 2 N–H and O–H groups in total. The second-order valence-corrected chi connectivity index (χ2v) is 5.88. The van der Waals surface area contributed by atoms with Crippen LogP contribution in [0.2, 0.25) is 0 Å². The standard InChI is InChI=1S/C20H26N2O/c1-3-4-6-9-17-12-14-19(15-13-17)22-20(23)21-16(2)18-10-7-5-8-11-18/h5,7-8,10-16H,3-4,6,9H2,1-2H3,(H2,21,22,23)/t16-/m1/s1. The van der Waals surface area contributed by atoms with Gasteiger partial charge < -0.3 is 10.6 Å². The SMILES string of the molecule is CCCCCc1ccc(NC(=O)N[C@H](C)c2ccccc2)cc1. The van der Waals surface area contributed by atoms with Crippen LogP contribution >= 0.6 is 0 Å². The van der Waals surface area contributed by atoms with Crippen molar-refractivity contribution in [2.45, 2.75) is 45.6 Å². The predicted molar refractivity (Wildman–Crippen MR) is 96.7 cm³/mol. The molecule has 1 atom stereocenters. The summed E-state index contributed by atoms with van der Waals surface area (Å²) < 4.78 is 0. The van der Waals surface area contributed by atoms with Crippen molar-refractivity contribution < 1.29 is 4.79 Å². The maximum atomic E-state index is 12.1. The number of hydrogen-bond donors (Lipinski definition) is 2. The Morgan fingerprint density at radius 1 is 1.00 bits per heavy atom. The topological polar surface area (TPSA) is 41.1 Å². The number of carbonyl (C=O) groups is 1. The van der Waals surface area contributed by atoms with E-state index in [0.717, 1.165) is 17.7 Å². The molecule has 0 aliphatic heterocycles. The van der Waals surface area contributed by atoms with E-state index < -0.39 is 0 Å². The third-order valence-electron chi connectivity index (χ3n) is 3.93. The summed E-state index contributed by atoms with van der Waals surface area (Å²) in [5, 5.41) is 5.84. The number of benzene rings is 2. The first-order valence-electron chi connectivity index (χ1n) is 8.40. The lowest BCUT2D eigenvalue weighted by molar-refractivity contribution is 0.249. The predicted octanol–water partition coefficient (Wildman–Crippen LogP) is 5.30. The lowest BCUT2D eigenvalue weighted by atomic mass is 10.1. The smallest absolute Gasteiger partial charge is 0.319 e. The quantitative estimate of drug-likeness (QED) is 0.669. The van der Waals surface area contributed by atoms with E-state index in [1.807, 2.05) is 49.4 Å². The van der Waals surface area contributed by atoms with Gasteiger partial charge in [-0.15, -0.1) is 0 Å². The molecule has 2 aromatic carbocycles. The molecule has 3 heteroatoms. The van der Waals surface area contributed by atoms with Crippen molar-refractivity contribution in [2.24, 2.45) is 0 Å². The molecule has 0 aliphatic carbocycles. The van der Waals surface area contributed by atoms with Gasteiger partial charge in [0.2, 0.25) is 0 Å². The zero-order chi connectivity index (χ0) is 16.5. The molecule has 23 heavy (non-hydrogen) atoms. The summed E-state index contributed by atoms with van der Waals surface area (Å²) in [5.41, 5.74) is 3.23. The van der Waals surface area contributed by atoms with Crippen molar-refractivity contribution in [3.63, 3.8) is 0 Å². The Kier molecular flexibility index (Phi) is 6.67. The number of rotatable bonds is 7. The molecule has 0 aliphatic rings. The van der Waals surface area contributed by atoms with Gasteiger partial charge in [-0.1, -0.05) is 62.2 Å². The number of hydrogen-bond acceptors (Lipinski definition) is 1. The van der Waals surface area contributed by atoms with Gasteiger partial charge in [-0.05, 0) is 43.0 Å². The molecule has 0 fully saturated rings. The summed E-state index contributed by atoms with van der Waals surface area (Å²) in [7, 11) is 0. The van der Waals surface area contributed by atoms with Gasteiger partial charge in [-0.25, -0.2) is 4.79 Å². The average Bonchev–Trinajstić information content (AvgIpc) is 2.57. The van der Waals surface area contributed by atoms with Crippen molar-refractivity contribution in [1.82, 2.24) is 5.32 Å². The first-order chi connectivity index (χ1) is 11.2. The fourth-order valence-electron chi connectivity index (χ4n) is 2.52. The van der Waals surface area contributed by atoms with E-state index in [4.69, 9.17) is 0 Å². The van der Waals surface area contributed by atoms with E-state index in [0.29, 0.717) is 0 Å². The number of unbranched alkanes of at least 4 members (excludes halogenated alkanes) is 2. The summed E-state index contributed by atoms with van der Waals surface area (Å²) in [6.45, 7) is 4.19. The molecular weight excluding hydrogens is 284 g/mol. The first-order valence-corrected chi connectivity index (χ1v) is 8.40. The second kappa shape index (κ2) is 8.99. The average molecular weight is 310 g/mol. The van der Waals surface area contributed by atoms with Crippen LogP contribution in [0.4, 0.5) is 10.5 Å². The number of aryl methyl sites for hydroxylation is 1. The van der Waals surface area contributed by atoms with Crippen LogP contribution in [0.1, 0.15) is 50.3 Å². The first kappa shape index (κ1) is 17.1. The van der Waals surface area contributed by atoms with Crippen molar-refractivity contribution in [2.75, 3.05) is 5.32 Å². The molecule has 0 heterocycles. The largest absolute Gasteiger partial charge is 0.331 e. The van der Waals surface area contributed by atoms with Gasteiger partial charge in [0.15, 0.2) is 0 Å². The number of urea groups is 1. The zero-order valence-electron chi connectivity index (χ0n) is 14.0. The van der Waals surface area contributed by atoms with E-state index in [9.17, 15) is 4.79 Å². The fourth-order valence-corrected chi connectivity index (χ4v) is 2.52. The molecule has 122 valence electrons. The Labute approximate surface area is 139 Å². The Balaban J connectivity index is 1.83. The van der Waals surface area contributed by atoms with Gasteiger partial charge in [0, 0.05) is 5.69 Å². The van der Waals surface area contributed by atoms with Crippen LogP contribution in [0.5, 0.6) is 0 Å². The van der Waals surface area contributed by atoms with Crippen molar-refractivity contribution in [3.8, 4) is 0 Å². The number of anilines is 1. The van der Waals surface area contributed by atoms with Crippen LogP contribution in [-0.2, 0) is 6.42 Å². The second-order valence-electron chi connectivity index (χ2n) is 5.88. The maximum Gasteiger partial charge on any atom is 0.319 e. The minimum absolute atomic E-state index is 0.0236. The van der Waals surface area contributed by atoms with Gasteiger partial charge >= 0.3 is 6.03 Å². The minimum atomic E-state index is -0.180. The van der Waals surface area contributed by atoms with Crippen molar-refractivity contribution in [1.29, 1.82) is 0 Å². The Bertz CT molecular complexity index is 593. The molecule has 0 saturated heterocycles. The Morgan fingerprint density at radius 3 is 2.35 bits per heavy atom. The van der Waals surface area contributed by atoms with Gasteiger partial charge in [0.1, 0.15) is 0 Å². The zero-order valence-corrected chi connectivity index (χ0v) is 14.0. The highest BCUT2D eigenvalue weighted by Gasteiger charge is 2.08. The fraction of sp³-hybridized carbons (Fsp3) is 0.350. The molecule has 2 aromatic rings. The third kappa shape index (κ3) is 5.78. The molecule has 0 saturated carbocycles. The monoisotopic (exact) mass is 310 g/mol. The molecule has 0 unspecified atom stereocenters. The highest BCUT2D eigenvalue weighted by Crippen LogP contribution is 2.14. The highest BCUT2D eigenvalue weighted by molar-refractivity contribution is 5.89. The van der Waals surface area contributed by atoms with Crippen LogP contribution < -0.4 is 10.6 Å². The molecule has 0 spiro atoms. The molecule has 2 amide bonds. The molecule has 0 radical (unpaired) electrons. The molecule has 3 nitrogen and oxygen atoms in total. The lowest BCUT2D eigenvalue weighted by Crippen LogP contribution is -2.31. The van der Waals surface area contributed by atoms with E-state index in [-0.39, 0.29) is 12.1 Å². The van der Waals surface area contributed by atoms with Crippen LogP contribution in [0.3, 0.4) is 0 Å². The summed E-state index contributed by atoms with van der Waals surface area (Å²) in [5.74, 6) is 0. The van der Waals surface area contributed by atoms with E-state index in [2.05, 4.69) is 29.7 Å².